The number of halogens is 2. The van der Waals surface area contributed by atoms with Crippen LogP contribution >= 0.6 is 12.2 Å². The van der Waals surface area contributed by atoms with Gasteiger partial charge in [-0.25, -0.2) is 8.78 Å². The molecule has 2 aromatic rings. The third-order valence-electron chi connectivity index (χ3n) is 3.17. The van der Waals surface area contributed by atoms with Crippen LogP contribution in [0.5, 0.6) is 0 Å². The summed E-state index contributed by atoms with van der Waals surface area (Å²) in [4.78, 5) is 1.97. The van der Waals surface area contributed by atoms with E-state index in [2.05, 4.69) is 12.2 Å². The first-order valence-electron chi connectivity index (χ1n) is 7.15. The van der Waals surface area contributed by atoms with Crippen LogP contribution in [-0.2, 0) is 6.54 Å². The Labute approximate surface area is 134 Å². The lowest BCUT2D eigenvalue weighted by atomic mass is 10.2. The molecule has 0 heterocycles. The summed E-state index contributed by atoms with van der Waals surface area (Å²) in [6.07, 6.45) is 0.917. The summed E-state index contributed by atoms with van der Waals surface area (Å²) in [6.45, 7) is 3.45. The maximum atomic E-state index is 13.7. The van der Waals surface area contributed by atoms with E-state index in [4.69, 9.17) is 12.2 Å². The van der Waals surface area contributed by atoms with Crippen molar-refractivity contribution >= 4 is 23.0 Å². The molecule has 0 saturated heterocycles. The maximum absolute atomic E-state index is 13.7. The maximum Gasteiger partial charge on any atom is 0.173 e. The highest BCUT2D eigenvalue weighted by Crippen LogP contribution is 2.16. The molecule has 0 fully saturated rings. The molecule has 2 nitrogen and oxygen atoms in total. The summed E-state index contributed by atoms with van der Waals surface area (Å²) in [7, 11) is 0. The smallest absolute Gasteiger partial charge is 0.173 e. The molecule has 2 aromatic carbocycles. The molecule has 1 N–H and O–H groups in total. The van der Waals surface area contributed by atoms with Gasteiger partial charge in [0.25, 0.3) is 0 Å². The molecule has 22 heavy (non-hydrogen) atoms. The molecule has 2 rings (SSSR count). The molecule has 5 heteroatoms. The molecule has 0 bridgehead atoms. The van der Waals surface area contributed by atoms with Crippen molar-refractivity contribution < 1.29 is 8.78 Å². The van der Waals surface area contributed by atoms with E-state index in [-0.39, 0.29) is 5.69 Å². The van der Waals surface area contributed by atoms with Gasteiger partial charge in [-0.05, 0) is 36.3 Å². The second kappa shape index (κ2) is 7.84. The van der Waals surface area contributed by atoms with E-state index in [0.717, 1.165) is 24.6 Å². The Balaban J connectivity index is 2.09. The summed E-state index contributed by atoms with van der Waals surface area (Å²) in [5.41, 5.74) is 1.31. The van der Waals surface area contributed by atoms with Crippen LogP contribution in [0.3, 0.4) is 0 Å². The van der Waals surface area contributed by atoms with Crippen molar-refractivity contribution in [1.29, 1.82) is 0 Å². The topological polar surface area (TPSA) is 15.3 Å². The van der Waals surface area contributed by atoms with Gasteiger partial charge in [0.2, 0.25) is 0 Å². The summed E-state index contributed by atoms with van der Waals surface area (Å²) in [5, 5.41) is 3.29. The average molecular weight is 320 g/mol. The summed E-state index contributed by atoms with van der Waals surface area (Å²) in [5.74, 6) is -1.26. The zero-order valence-electron chi connectivity index (χ0n) is 12.4. The monoisotopic (exact) mass is 320 g/mol. The Morgan fingerprint density at radius 3 is 2.50 bits per heavy atom. The molecule has 116 valence electrons. The van der Waals surface area contributed by atoms with Crippen molar-refractivity contribution in [2.24, 2.45) is 0 Å². The predicted molar refractivity (Wildman–Crippen MR) is 89.7 cm³/mol. The van der Waals surface area contributed by atoms with Gasteiger partial charge in [0.05, 0.1) is 5.69 Å². The molecule has 0 spiro atoms. The van der Waals surface area contributed by atoms with Crippen molar-refractivity contribution in [1.82, 2.24) is 4.90 Å². The minimum Gasteiger partial charge on any atom is -0.345 e. The minimum atomic E-state index is -0.654. The first-order chi connectivity index (χ1) is 10.6. The van der Waals surface area contributed by atoms with Crippen LogP contribution in [0.4, 0.5) is 14.5 Å². The van der Waals surface area contributed by atoms with E-state index in [1.807, 2.05) is 35.2 Å². The van der Waals surface area contributed by atoms with Crippen molar-refractivity contribution in [2.45, 2.75) is 19.9 Å². The van der Waals surface area contributed by atoms with Crippen LogP contribution in [0.2, 0.25) is 0 Å². The van der Waals surface area contributed by atoms with Gasteiger partial charge < -0.3 is 10.2 Å². The van der Waals surface area contributed by atoms with Crippen molar-refractivity contribution in [2.75, 3.05) is 11.9 Å². The standard InChI is InChI=1S/C17H18F2N2S/c1-2-10-21(12-13-6-4-3-5-7-13)17(22)20-16-9-8-14(18)11-15(16)19/h3-9,11H,2,10,12H2,1H3,(H,20,22). The molecule has 0 aliphatic rings. The summed E-state index contributed by atoms with van der Waals surface area (Å²) >= 11 is 5.37. The first-order valence-corrected chi connectivity index (χ1v) is 7.56. The number of nitrogens with one attached hydrogen (secondary N) is 1. The predicted octanol–water partition coefficient (Wildman–Crippen LogP) is 4.57. The van der Waals surface area contributed by atoms with E-state index in [1.54, 1.807) is 0 Å². The lowest BCUT2D eigenvalue weighted by Crippen LogP contribution is -2.35. The number of hydrogen-bond acceptors (Lipinski definition) is 1. The Morgan fingerprint density at radius 1 is 1.14 bits per heavy atom. The summed E-state index contributed by atoms with van der Waals surface area (Å²) < 4.78 is 26.6. The minimum absolute atomic E-state index is 0.181. The highest BCUT2D eigenvalue weighted by atomic mass is 32.1. The van der Waals surface area contributed by atoms with Crippen LogP contribution in [0.1, 0.15) is 18.9 Å². The Hall–Kier alpha value is -2.01. The molecule has 0 aliphatic heterocycles. The van der Waals surface area contributed by atoms with Gasteiger partial charge in [0, 0.05) is 19.2 Å². The second-order valence-corrected chi connectivity index (χ2v) is 5.35. The number of hydrogen-bond donors (Lipinski definition) is 1. The molecule has 0 radical (unpaired) electrons. The molecular formula is C17H18F2N2S. The summed E-state index contributed by atoms with van der Waals surface area (Å²) in [6, 6.07) is 13.3. The van der Waals surface area contributed by atoms with Gasteiger partial charge in [-0.15, -0.1) is 0 Å². The van der Waals surface area contributed by atoms with E-state index in [9.17, 15) is 8.78 Å². The van der Waals surface area contributed by atoms with Gasteiger partial charge in [0.15, 0.2) is 5.11 Å². The lowest BCUT2D eigenvalue weighted by molar-refractivity contribution is 0.418. The lowest BCUT2D eigenvalue weighted by Gasteiger charge is -2.25. The quantitative estimate of drug-likeness (QED) is 0.812. The second-order valence-electron chi connectivity index (χ2n) is 4.96. The van der Waals surface area contributed by atoms with E-state index in [0.29, 0.717) is 11.7 Å². The van der Waals surface area contributed by atoms with Gasteiger partial charge in [0.1, 0.15) is 11.6 Å². The number of thiocarbonyl (C=S) groups is 1. The molecule has 0 amide bonds. The molecule has 0 saturated carbocycles. The number of nitrogens with zero attached hydrogens (tertiary/aromatic N) is 1. The number of rotatable bonds is 5. The van der Waals surface area contributed by atoms with Crippen LogP contribution in [0.15, 0.2) is 48.5 Å². The number of benzene rings is 2. The van der Waals surface area contributed by atoms with E-state index >= 15 is 0 Å². The van der Waals surface area contributed by atoms with Gasteiger partial charge in [-0.2, -0.15) is 0 Å². The van der Waals surface area contributed by atoms with E-state index < -0.39 is 11.6 Å². The molecule has 0 aromatic heterocycles. The average Bonchev–Trinajstić information content (AvgIpc) is 2.50. The van der Waals surface area contributed by atoms with Gasteiger partial charge >= 0.3 is 0 Å². The van der Waals surface area contributed by atoms with Crippen LogP contribution in [0.25, 0.3) is 0 Å². The van der Waals surface area contributed by atoms with Crippen molar-refractivity contribution in [3.05, 3.63) is 65.7 Å². The zero-order chi connectivity index (χ0) is 15.9. The third kappa shape index (κ3) is 4.49. The van der Waals surface area contributed by atoms with Crippen LogP contribution in [0, 0.1) is 11.6 Å². The number of anilines is 1. The van der Waals surface area contributed by atoms with E-state index in [1.165, 1.54) is 12.1 Å². The fourth-order valence-electron chi connectivity index (χ4n) is 2.11. The Bertz CT molecular complexity index is 632. The van der Waals surface area contributed by atoms with Crippen LogP contribution in [-0.4, -0.2) is 16.6 Å². The largest absolute Gasteiger partial charge is 0.345 e. The Kier molecular flexibility index (Phi) is 5.83. The first kappa shape index (κ1) is 16.4. The normalized spacial score (nSPS) is 10.3. The Morgan fingerprint density at radius 2 is 1.86 bits per heavy atom. The van der Waals surface area contributed by atoms with Gasteiger partial charge in [-0.3, -0.25) is 0 Å². The molecule has 0 aliphatic carbocycles. The highest BCUT2D eigenvalue weighted by molar-refractivity contribution is 7.80. The van der Waals surface area contributed by atoms with Gasteiger partial charge in [-0.1, -0.05) is 37.3 Å². The molecular weight excluding hydrogens is 302 g/mol. The third-order valence-corrected chi connectivity index (χ3v) is 3.53. The highest BCUT2D eigenvalue weighted by Gasteiger charge is 2.12. The zero-order valence-corrected chi connectivity index (χ0v) is 13.2. The molecule has 0 atom stereocenters. The molecule has 0 unspecified atom stereocenters. The van der Waals surface area contributed by atoms with Crippen molar-refractivity contribution in [3.63, 3.8) is 0 Å². The SMILES string of the molecule is CCCN(Cc1ccccc1)C(=S)Nc1ccc(F)cc1F. The fourth-order valence-corrected chi connectivity index (χ4v) is 2.38. The fraction of sp³-hybridized carbons (Fsp3) is 0.235. The van der Waals surface area contributed by atoms with Crippen LogP contribution < -0.4 is 5.32 Å². The van der Waals surface area contributed by atoms with Crippen molar-refractivity contribution in [3.8, 4) is 0 Å².